The third kappa shape index (κ3) is 6.40. The summed E-state index contributed by atoms with van der Waals surface area (Å²) in [6.45, 7) is 0. The molecule has 1 unspecified atom stereocenters. The van der Waals surface area contributed by atoms with Crippen molar-refractivity contribution >= 4 is 38.8 Å². The highest BCUT2D eigenvalue weighted by Gasteiger charge is 2.30. The molecule has 0 spiro atoms. The SMILES string of the molecule is C1=C(c2ccccc2)N=C(c2ccc(C3Cc4ccccc4-c4c(-c5cccc(-c6ccccc6)c5)cccc43)c3ccccc23)N=C(c2ccc3ccccc3c2)C1. The van der Waals surface area contributed by atoms with Gasteiger partial charge in [-0.25, -0.2) is 9.98 Å². The summed E-state index contributed by atoms with van der Waals surface area (Å²) in [4.78, 5) is 10.8. The van der Waals surface area contributed by atoms with Crippen molar-refractivity contribution in [3.05, 3.63) is 246 Å². The number of hydrogen-bond donors (Lipinski definition) is 0. The fourth-order valence-electron chi connectivity index (χ4n) is 9.28. The summed E-state index contributed by atoms with van der Waals surface area (Å²) in [7, 11) is 0. The van der Waals surface area contributed by atoms with E-state index in [4.69, 9.17) is 9.98 Å². The molecule has 0 radical (unpaired) electrons. The van der Waals surface area contributed by atoms with Crippen LogP contribution in [0.1, 0.15) is 45.7 Å². The van der Waals surface area contributed by atoms with Gasteiger partial charge in [0.1, 0.15) is 0 Å². The van der Waals surface area contributed by atoms with Gasteiger partial charge >= 0.3 is 0 Å². The first-order valence-electron chi connectivity index (χ1n) is 20.6. The molecule has 2 aliphatic rings. The zero-order valence-electron chi connectivity index (χ0n) is 32.6. The second-order valence-corrected chi connectivity index (χ2v) is 15.6. The molecule has 1 aliphatic carbocycles. The molecular weight excluding hydrogens is 713 g/mol. The Hall–Kier alpha value is -7.42. The van der Waals surface area contributed by atoms with Gasteiger partial charge in [-0.15, -0.1) is 0 Å². The monoisotopic (exact) mass is 752 g/mol. The van der Waals surface area contributed by atoms with Crippen LogP contribution in [-0.2, 0) is 6.42 Å². The van der Waals surface area contributed by atoms with E-state index < -0.39 is 0 Å². The number of allylic oxidation sites excluding steroid dienone is 1. The van der Waals surface area contributed by atoms with Crippen LogP contribution in [0.25, 0.3) is 60.6 Å². The minimum absolute atomic E-state index is 0.156. The number of benzene rings is 9. The van der Waals surface area contributed by atoms with Crippen molar-refractivity contribution in [2.45, 2.75) is 18.8 Å². The Labute approximate surface area is 345 Å². The summed E-state index contributed by atoms with van der Waals surface area (Å²) in [5.41, 5.74) is 16.8. The van der Waals surface area contributed by atoms with E-state index in [1.54, 1.807) is 0 Å². The first-order chi connectivity index (χ1) is 29.2. The van der Waals surface area contributed by atoms with Crippen LogP contribution >= 0.6 is 0 Å². The third-order valence-electron chi connectivity index (χ3n) is 12.1. The Balaban J connectivity index is 1.07. The van der Waals surface area contributed by atoms with Crippen molar-refractivity contribution < 1.29 is 0 Å². The highest BCUT2D eigenvalue weighted by Crippen LogP contribution is 2.48. The van der Waals surface area contributed by atoms with E-state index in [0.717, 1.165) is 45.7 Å². The first-order valence-corrected chi connectivity index (χ1v) is 20.6. The summed E-state index contributed by atoms with van der Waals surface area (Å²) < 4.78 is 0. The Kier molecular flexibility index (Phi) is 8.74. The fourth-order valence-corrected chi connectivity index (χ4v) is 9.28. The Morgan fingerprint density at radius 1 is 0.390 bits per heavy atom. The van der Waals surface area contributed by atoms with E-state index in [1.807, 2.05) is 0 Å². The maximum atomic E-state index is 5.45. The maximum absolute atomic E-state index is 5.45. The standard InChI is InChI=1S/C57H40N2/c1-3-15-38(16-4-1)42-22-13-23-43(35-42)47-27-14-28-51-53(37-44-21-9-10-24-46(44)56(47)51)50-31-32-52(49-26-12-11-25-48(49)50)57-58-54(40-18-5-2-6-19-40)33-34-55(59-57)45-30-29-39-17-7-8-20-41(39)36-45/h1-33,35-36,53H,34,37H2. The lowest BCUT2D eigenvalue weighted by molar-refractivity contribution is 0.801. The number of aliphatic imine (C=N–C) groups is 2. The van der Waals surface area contributed by atoms with Crippen LogP contribution in [0.4, 0.5) is 0 Å². The topological polar surface area (TPSA) is 24.7 Å². The van der Waals surface area contributed by atoms with Gasteiger partial charge in [0.15, 0.2) is 5.84 Å². The third-order valence-corrected chi connectivity index (χ3v) is 12.1. The molecule has 11 rings (SSSR count). The molecule has 0 aromatic heterocycles. The zero-order valence-corrected chi connectivity index (χ0v) is 32.6. The van der Waals surface area contributed by atoms with Gasteiger partial charge in [-0.2, -0.15) is 0 Å². The summed E-state index contributed by atoms with van der Waals surface area (Å²) in [5.74, 6) is 0.891. The molecule has 9 aromatic carbocycles. The van der Waals surface area contributed by atoms with Gasteiger partial charge in [0, 0.05) is 17.9 Å². The lowest BCUT2D eigenvalue weighted by Gasteiger charge is -2.31. The van der Waals surface area contributed by atoms with Crippen LogP contribution in [0.15, 0.2) is 222 Å². The van der Waals surface area contributed by atoms with Crippen LogP contribution in [0.3, 0.4) is 0 Å². The van der Waals surface area contributed by atoms with Gasteiger partial charge in [0.05, 0.1) is 11.4 Å². The molecule has 0 amide bonds. The lowest BCUT2D eigenvalue weighted by atomic mass is 9.72. The molecule has 1 aliphatic heterocycles. The second-order valence-electron chi connectivity index (χ2n) is 15.6. The van der Waals surface area contributed by atoms with Crippen molar-refractivity contribution in [1.82, 2.24) is 0 Å². The molecule has 2 nitrogen and oxygen atoms in total. The second kappa shape index (κ2) is 14.8. The quantitative estimate of drug-likeness (QED) is 0.162. The lowest BCUT2D eigenvalue weighted by Crippen LogP contribution is -2.14. The molecular formula is C57H40N2. The summed E-state index contributed by atoms with van der Waals surface area (Å²) in [6.07, 6.45) is 3.84. The number of nitrogens with zero attached hydrogens (tertiary/aromatic N) is 2. The summed E-state index contributed by atoms with van der Waals surface area (Å²) in [6, 6.07) is 74.8. The van der Waals surface area contributed by atoms with E-state index in [9.17, 15) is 0 Å². The number of fused-ring (bicyclic) bond motifs is 5. The normalized spacial score (nSPS) is 14.8. The minimum Gasteiger partial charge on any atom is -0.232 e. The summed E-state index contributed by atoms with van der Waals surface area (Å²) >= 11 is 0. The number of amidine groups is 1. The van der Waals surface area contributed by atoms with E-state index >= 15 is 0 Å². The smallest absolute Gasteiger partial charge is 0.160 e. The van der Waals surface area contributed by atoms with Crippen LogP contribution in [0, 0.1) is 0 Å². The Morgan fingerprint density at radius 3 is 1.93 bits per heavy atom. The van der Waals surface area contributed by atoms with Crippen molar-refractivity contribution in [2.75, 3.05) is 0 Å². The molecule has 59 heavy (non-hydrogen) atoms. The van der Waals surface area contributed by atoms with E-state index in [1.165, 1.54) is 66.2 Å². The number of rotatable bonds is 6. The molecule has 0 bridgehead atoms. The highest BCUT2D eigenvalue weighted by molar-refractivity contribution is 6.20. The predicted molar refractivity (Wildman–Crippen MR) is 248 cm³/mol. The molecule has 0 N–H and O–H groups in total. The Bertz CT molecular complexity index is 3150. The van der Waals surface area contributed by atoms with Crippen LogP contribution in [0.5, 0.6) is 0 Å². The molecule has 0 saturated carbocycles. The van der Waals surface area contributed by atoms with Crippen molar-refractivity contribution in [3.8, 4) is 33.4 Å². The Morgan fingerprint density at radius 2 is 1.07 bits per heavy atom. The predicted octanol–water partition coefficient (Wildman–Crippen LogP) is 14.4. The fraction of sp³-hybridized carbons (Fsp3) is 0.0526. The van der Waals surface area contributed by atoms with Crippen molar-refractivity contribution in [3.63, 3.8) is 0 Å². The van der Waals surface area contributed by atoms with Crippen LogP contribution < -0.4 is 0 Å². The van der Waals surface area contributed by atoms with E-state index in [-0.39, 0.29) is 5.92 Å². The van der Waals surface area contributed by atoms with Crippen molar-refractivity contribution in [1.29, 1.82) is 0 Å². The first kappa shape index (κ1) is 34.8. The van der Waals surface area contributed by atoms with Gasteiger partial charge in [-0.3, -0.25) is 0 Å². The van der Waals surface area contributed by atoms with Gasteiger partial charge in [-0.1, -0.05) is 200 Å². The molecule has 9 aromatic rings. The molecule has 1 atom stereocenters. The molecule has 2 heteroatoms. The molecule has 0 saturated heterocycles. The van der Waals surface area contributed by atoms with Gasteiger partial charge in [0.25, 0.3) is 0 Å². The zero-order chi connectivity index (χ0) is 39.1. The molecule has 0 fully saturated rings. The van der Waals surface area contributed by atoms with Crippen LogP contribution in [0.2, 0.25) is 0 Å². The summed E-state index contributed by atoms with van der Waals surface area (Å²) in [5, 5.41) is 4.82. The maximum Gasteiger partial charge on any atom is 0.160 e. The number of hydrogen-bond acceptors (Lipinski definition) is 2. The van der Waals surface area contributed by atoms with Gasteiger partial charge in [-0.05, 0) is 101 Å². The molecule has 1 heterocycles. The average Bonchev–Trinajstić information content (AvgIpc) is 3.55. The average molecular weight is 753 g/mol. The van der Waals surface area contributed by atoms with Crippen molar-refractivity contribution in [2.24, 2.45) is 9.98 Å². The molecule has 278 valence electrons. The van der Waals surface area contributed by atoms with Gasteiger partial charge in [0.2, 0.25) is 0 Å². The van der Waals surface area contributed by atoms with Gasteiger partial charge < -0.3 is 0 Å². The largest absolute Gasteiger partial charge is 0.232 e. The minimum atomic E-state index is 0.156. The van der Waals surface area contributed by atoms with E-state index in [0.29, 0.717) is 6.42 Å². The van der Waals surface area contributed by atoms with E-state index in [2.05, 4.69) is 212 Å². The van der Waals surface area contributed by atoms with Crippen LogP contribution in [-0.4, -0.2) is 11.5 Å². The highest BCUT2D eigenvalue weighted by atomic mass is 14.9.